The molecule has 15 heavy (non-hydrogen) atoms. The fraction of sp³-hybridized carbons (Fsp3) is 0.833. The number of likely N-dealkylation sites (tertiary alicyclic amines) is 1. The quantitative estimate of drug-likeness (QED) is 0.656. The van der Waals surface area contributed by atoms with E-state index in [9.17, 15) is 9.59 Å². The molecule has 2 amide bonds. The van der Waals surface area contributed by atoms with Gasteiger partial charge in [-0.15, -0.1) is 0 Å². The van der Waals surface area contributed by atoms with Crippen molar-refractivity contribution >= 4 is 11.8 Å². The largest absolute Gasteiger partial charge is 0.282 e. The Morgan fingerprint density at radius 3 is 1.80 bits per heavy atom. The van der Waals surface area contributed by atoms with Gasteiger partial charge in [-0.05, 0) is 11.8 Å². The van der Waals surface area contributed by atoms with Crippen LogP contribution in [0.5, 0.6) is 0 Å². The first-order valence-electron chi connectivity index (χ1n) is 5.59. The van der Waals surface area contributed by atoms with Gasteiger partial charge < -0.3 is 0 Å². The van der Waals surface area contributed by atoms with E-state index in [1.54, 1.807) is 0 Å². The third kappa shape index (κ3) is 2.58. The number of amides is 2. The lowest BCUT2D eigenvalue weighted by Gasteiger charge is -2.22. The van der Waals surface area contributed by atoms with Gasteiger partial charge in [0.25, 0.3) is 0 Å². The van der Waals surface area contributed by atoms with Crippen molar-refractivity contribution in [1.29, 1.82) is 0 Å². The van der Waals surface area contributed by atoms with Crippen LogP contribution in [-0.4, -0.2) is 23.3 Å². The highest BCUT2D eigenvalue weighted by Gasteiger charge is 2.41. The number of nitrogens with zero attached hydrogens (tertiary/aromatic N) is 1. The van der Waals surface area contributed by atoms with E-state index in [0.29, 0.717) is 6.54 Å². The summed E-state index contributed by atoms with van der Waals surface area (Å²) >= 11 is 0. The maximum Gasteiger partial charge on any atom is 0.232 e. The zero-order chi connectivity index (χ0) is 11.8. The number of imide groups is 1. The second-order valence-corrected chi connectivity index (χ2v) is 5.72. The Morgan fingerprint density at radius 2 is 1.47 bits per heavy atom. The summed E-state index contributed by atoms with van der Waals surface area (Å²) in [5.41, 5.74) is 0.162. The molecule has 1 heterocycles. The zero-order valence-electron chi connectivity index (χ0n) is 10.3. The van der Waals surface area contributed by atoms with Crippen LogP contribution in [0.4, 0.5) is 0 Å². The SMILES string of the molecule is C[C@@H]1C(=O)N(CCC(C)(C)C)C(=O)[C@@H]1C. The number of hydrogen-bond acceptors (Lipinski definition) is 2. The summed E-state index contributed by atoms with van der Waals surface area (Å²) in [4.78, 5) is 24.9. The van der Waals surface area contributed by atoms with Gasteiger partial charge in [0.15, 0.2) is 0 Å². The maximum absolute atomic E-state index is 11.7. The molecule has 1 aliphatic rings. The molecule has 3 nitrogen and oxygen atoms in total. The van der Waals surface area contributed by atoms with E-state index in [4.69, 9.17) is 0 Å². The molecule has 1 aliphatic heterocycles. The topological polar surface area (TPSA) is 37.4 Å². The van der Waals surface area contributed by atoms with Gasteiger partial charge in [-0.1, -0.05) is 34.6 Å². The van der Waals surface area contributed by atoms with Gasteiger partial charge in [-0.3, -0.25) is 14.5 Å². The molecule has 0 N–H and O–H groups in total. The Labute approximate surface area is 91.8 Å². The van der Waals surface area contributed by atoms with Crippen molar-refractivity contribution in [3.63, 3.8) is 0 Å². The van der Waals surface area contributed by atoms with Crippen molar-refractivity contribution in [2.75, 3.05) is 6.54 Å². The zero-order valence-corrected chi connectivity index (χ0v) is 10.3. The van der Waals surface area contributed by atoms with E-state index in [2.05, 4.69) is 20.8 Å². The Kier molecular flexibility index (Phi) is 3.22. The molecule has 86 valence electrons. The van der Waals surface area contributed by atoms with Crippen molar-refractivity contribution in [2.45, 2.75) is 41.0 Å². The minimum atomic E-state index is -0.141. The molecule has 0 unspecified atom stereocenters. The van der Waals surface area contributed by atoms with E-state index in [1.807, 2.05) is 13.8 Å². The standard InChI is InChI=1S/C12H21NO2/c1-8-9(2)11(15)13(10(8)14)7-6-12(3,4)5/h8-9H,6-7H2,1-5H3/t8-,9+. The van der Waals surface area contributed by atoms with Gasteiger partial charge in [-0.2, -0.15) is 0 Å². The van der Waals surface area contributed by atoms with Crippen LogP contribution in [0.15, 0.2) is 0 Å². The van der Waals surface area contributed by atoms with Gasteiger partial charge in [-0.25, -0.2) is 0 Å². The van der Waals surface area contributed by atoms with E-state index in [-0.39, 0.29) is 29.1 Å². The number of rotatable bonds is 2. The molecule has 0 aromatic rings. The highest BCUT2D eigenvalue weighted by atomic mass is 16.2. The lowest BCUT2D eigenvalue weighted by atomic mass is 9.92. The normalized spacial score (nSPS) is 27.7. The molecule has 0 aliphatic carbocycles. The first-order chi connectivity index (χ1) is 6.74. The fourth-order valence-corrected chi connectivity index (χ4v) is 1.70. The molecule has 1 fully saturated rings. The van der Waals surface area contributed by atoms with Crippen LogP contribution in [0, 0.1) is 17.3 Å². The van der Waals surface area contributed by atoms with Crippen LogP contribution >= 0.6 is 0 Å². The molecule has 2 atom stereocenters. The van der Waals surface area contributed by atoms with E-state index < -0.39 is 0 Å². The van der Waals surface area contributed by atoms with Crippen LogP contribution in [0.1, 0.15) is 41.0 Å². The molecular formula is C12H21NO2. The van der Waals surface area contributed by atoms with Crippen molar-refractivity contribution in [3.8, 4) is 0 Å². The second-order valence-electron chi connectivity index (χ2n) is 5.72. The molecule has 3 heteroatoms. The third-order valence-corrected chi connectivity index (χ3v) is 3.15. The molecule has 0 saturated carbocycles. The molecule has 1 rings (SSSR count). The van der Waals surface area contributed by atoms with Gasteiger partial charge in [0.2, 0.25) is 11.8 Å². The molecule has 0 aromatic heterocycles. The summed E-state index contributed by atoms with van der Waals surface area (Å²) < 4.78 is 0. The lowest BCUT2D eigenvalue weighted by molar-refractivity contribution is -0.140. The summed E-state index contributed by atoms with van der Waals surface area (Å²) in [6, 6.07) is 0. The smallest absolute Gasteiger partial charge is 0.232 e. The average molecular weight is 211 g/mol. The van der Waals surface area contributed by atoms with Crippen molar-refractivity contribution in [2.24, 2.45) is 17.3 Å². The molecule has 0 aromatic carbocycles. The summed E-state index contributed by atoms with van der Waals surface area (Å²) in [6.07, 6.45) is 0.865. The highest BCUT2D eigenvalue weighted by Crippen LogP contribution is 2.27. The van der Waals surface area contributed by atoms with E-state index in [0.717, 1.165) is 6.42 Å². The van der Waals surface area contributed by atoms with Crippen LogP contribution in [-0.2, 0) is 9.59 Å². The van der Waals surface area contributed by atoms with Crippen LogP contribution in [0.3, 0.4) is 0 Å². The minimum Gasteiger partial charge on any atom is -0.282 e. The molecule has 1 saturated heterocycles. The van der Waals surface area contributed by atoms with Crippen molar-refractivity contribution in [3.05, 3.63) is 0 Å². The second kappa shape index (κ2) is 3.95. The number of carbonyl (C=O) groups excluding carboxylic acids is 2. The third-order valence-electron chi connectivity index (χ3n) is 3.15. The predicted octanol–water partition coefficient (Wildman–Crippen LogP) is 2.06. The Bertz CT molecular complexity index is 258. The Morgan fingerprint density at radius 1 is 1.07 bits per heavy atom. The fourth-order valence-electron chi connectivity index (χ4n) is 1.70. The maximum atomic E-state index is 11.7. The minimum absolute atomic E-state index is 0.00301. The van der Waals surface area contributed by atoms with Crippen LogP contribution in [0.2, 0.25) is 0 Å². The number of carbonyl (C=O) groups is 2. The predicted molar refractivity (Wildman–Crippen MR) is 59.1 cm³/mol. The molecule has 0 spiro atoms. The van der Waals surface area contributed by atoms with Crippen molar-refractivity contribution in [1.82, 2.24) is 4.90 Å². The van der Waals surface area contributed by atoms with Crippen molar-refractivity contribution < 1.29 is 9.59 Å². The Hall–Kier alpha value is -0.860. The summed E-state index contributed by atoms with van der Waals surface area (Å²) in [5.74, 6) is -0.288. The average Bonchev–Trinajstić information content (AvgIpc) is 2.28. The van der Waals surface area contributed by atoms with Crippen LogP contribution < -0.4 is 0 Å². The molecular weight excluding hydrogens is 190 g/mol. The lowest BCUT2D eigenvalue weighted by Crippen LogP contribution is -2.33. The van der Waals surface area contributed by atoms with Gasteiger partial charge >= 0.3 is 0 Å². The van der Waals surface area contributed by atoms with Crippen LogP contribution in [0.25, 0.3) is 0 Å². The summed E-state index contributed by atoms with van der Waals surface area (Å²) in [7, 11) is 0. The first-order valence-corrected chi connectivity index (χ1v) is 5.59. The molecule has 0 radical (unpaired) electrons. The first kappa shape index (κ1) is 12.2. The number of hydrogen-bond donors (Lipinski definition) is 0. The van der Waals surface area contributed by atoms with Gasteiger partial charge in [0.05, 0.1) is 0 Å². The van der Waals surface area contributed by atoms with Gasteiger partial charge in [0.1, 0.15) is 0 Å². The van der Waals surface area contributed by atoms with E-state index in [1.165, 1.54) is 4.90 Å². The van der Waals surface area contributed by atoms with E-state index >= 15 is 0 Å². The van der Waals surface area contributed by atoms with Gasteiger partial charge in [0, 0.05) is 18.4 Å². The highest BCUT2D eigenvalue weighted by molar-refractivity contribution is 6.04. The monoisotopic (exact) mass is 211 g/mol. The molecule has 0 bridgehead atoms. The Balaban J connectivity index is 2.64. The summed E-state index contributed by atoms with van der Waals surface area (Å²) in [6.45, 7) is 10.6. The summed E-state index contributed by atoms with van der Waals surface area (Å²) in [5, 5.41) is 0.